The Balaban J connectivity index is 1.68. The van der Waals surface area contributed by atoms with Crippen molar-refractivity contribution in [3.8, 4) is 0 Å². The number of rotatable bonds is 7. The number of thioether (sulfide) groups is 1. The SMILES string of the molecule is CCC(C)NC(=O)c1ccc2c(=O)n(C)c3nnc(SCC(=O)Nc4cccc(Cl)c4)n3c2c1. The first-order chi connectivity index (χ1) is 16.3. The van der Waals surface area contributed by atoms with Crippen LogP contribution in [0.4, 0.5) is 5.69 Å². The minimum atomic E-state index is -0.251. The minimum absolute atomic E-state index is 0.0193. The molecule has 0 saturated carbocycles. The van der Waals surface area contributed by atoms with Crippen molar-refractivity contribution < 1.29 is 9.59 Å². The number of nitrogens with one attached hydrogen (secondary N) is 2. The summed E-state index contributed by atoms with van der Waals surface area (Å²) >= 11 is 7.15. The molecule has 0 aliphatic carbocycles. The summed E-state index contributed by atoms with van der Waals surface area (Å²) in [4.78, 5) is 38.0. The summed E-state index contributed by atoms with van der Waals surface area (Å²) in [5.74, 6) is -0.0963. The van der Waals surface area contributed by atoms with E-state index in [9.17, 15) is 14.4 Å². The predicted octanol–water partition coefficient (Wildman–Crippen LogP) is 3.49. The zero-order valence-corrected chi connectivity index (χ0v) is 20.4. The number of nitrogens with zero attached hydrogens (tertiary/aromatic N) is 4. The fourth-order valence-electron chi connectivity index (χ4n) is 3.40. The number of halogens is 1. The minimum Gasteiger partial charge on any atom is -0.350 e. The van der Waals surface area contributed by atoms with Gasteiger partial charge in [0, 0.05) is 29.4 Å². The fourth-order valence-corrected chi connectivity index (χ4v) is 4.33. The van der Waals surface area contributed by atoms with E-state index in [0.29, 0.717) is 38.1 Å². The van der Waals surface area contributed by atoms with Gasteiger partial charge in [0.2, 0.25) is 11.7 Å². The highest BCUT2D eigenvalue weighted by Gasteiger charge is 2.18. The lowest BCUT2D eigenvalue weighted by molar-refractivity contribution is -0.113. The molecule has 0 saturated heterocycles. The van der Waals surface area contributed by atoms with Crippen LogP contribution in [0.25, 0.3) is 16.7 Å². The van der Waals surface area contributed by atoms with Crippen molar-refractivity contribution in [3.63, 3.8) is 0 Å². The molecule has 0 bridgehead atoms. The van der Waals surface area contributed by atoms with Crippen molar-refractivity contribution >= 4 is 57.5 Å². The van der Waals surface area contributed by atoms with Crippen molar-refractivity contribution in [2.75, 3.05) is 11.1 Å². The quantitative estimate of drug-likeness (QED) is 0.377. The van der Waals surface area contributed by atoms with Crippen LogP contribution in [0, 0.1) is 0 Å². The Morgan fingerprint density at radius 3 is 2.71 bits per heavy atom. The van der Waals surface area contributed by atoms with E-state index in [2.05, 4.69) is 20.8 Å². The average Bonchev–Trinajstić information content (AvgIpc) is 3.25. The number of carbonyl (C=O) groups is 2. The predicted molar refractivity (Wildman–Crippen MR) is 134 cm³/mol. The van der Waals surface area contributed by atoms with E-state index in [4.69, 9.17) is 11.6 Å². The van der Waals surface area contributed by atoms with Crippen LogP contribution in [0.5, 0.6) is 0 Å². The molecule has 2 N–H and O–H groups in total. The Kier molecular flexibility index (Phi) is 6.90. The van der Waals surface area contributed by atoms with Crippen LogP contribution in [-0.2, 0) is 11.8 Å². The summed E-state index contributed by atoms with van der Waals surface area (Å²) in [5.41, 5.74) is 1.26. The van der Waals surface area contributed by atoms with Gasteiger partial charge in [-0.3, -0.25) is 23.4 Å². The summed E-state index contributed by atoms with van der Waals surface area (Å²) in [6.45, 7) is 3.91. The van der Waals surface area contributed by atoms with Gasteiger partial charge in [-0.15, -0.1) is 10.2 Å². The van der Waals surface area contributed by atoms with Crippen LogP contribution in [-0.4, -0.2) is 42.8 Å². The second-order valence-electron chi connectivity index (χ2n) is 7.84. The highest BCUT2D eigenvalue weighted by atomic mass is 35.5. The van der Waals surface area contributed by atoms with E-state index in [0.717, 1.165) is 6.42 Å². The lowest BCUT2D eigenvalue weighted by Crippen LogP contribution is -2.32. The number of hydrogen-bond donors (Lipinski definition) is 2. The molecular weight excluding hydrogens is 476 g/mol. The Hall–Kier alpha value is -3.37. The second-order valence-corrected chi connectivity index (χ2v) is 9.22. The Morgan fingerprint density at radius 2 is 1.97 bits per heavy atom. The number of hydrogen-bond acceptors (Lipinski definition) is 6. The highest BCUT2D eigenvalue weighted by molar-refractivity contribution is 7.99. The van der Waals surface area contributed by atoms with Crippen LogP contribution in [0.2, 0.25) is 5.02 Å². The molecule has 9 nitrogen and oxygen atoms in total. The first-order valence-corrected chi connectivity index (χ1v) is 12.0. The molecule has 2 aromatic heterocycles. The maximum absolute atomic E-state index is 12.9. The van der Waals surface area contributed by atoms with Crippen LogP contribution in [0.3, 0.4) is 0 Å². The van der Waals surface area contributed by atoms with Gasteiger partial charge < -0.3 is 10.6 Å². The van der Waals surface area contributed by atoms with Gasteiger partial charge in [0.25, 0.3) is 11.5 Å². The Bertz CT molecular complexity index is 1460. The van der Waals surface area contributed by atoms with Gasteiger partial charge in [-0.05, 0) is 49.7 Å². The van der Waals surface area contributed by atoms with Gasteiger partial charge in [0.15, 0.2) is 5.16 Å². The smallest absolute Gasteiger partial charge is 0.262 e. The number of amides is 2. The molecule has 176 valence electrons. The van der Waals surface area contributed by atoms with Gasteiger partial charge in [0.1, 0.15) is 0 Å². The molecule has 11 heteroatoms. The van der Waals surface area contributed by atoms with Crippen molar-refractivity contribution in [1.82, 2.24) is 24.5 Å². The third kappa shape index (κ3) is 4.78. The summed E-state index contributed by atoms with van der Waals surface area (Å²) in [6, 6.07) is 11.8. The fraction of sp³-hybridized carbons (Fsp3) is 0.261. The van der Waals surface area contributed by atoms with Crippen molar-refractivity contribution in [2.24, 2.45) is 7.05 Å². The van der Waals surface area contributed by atoms with Gasteiger partial charge in [-0.2, -0.15) is 0 Å². The van der Waals surface area contributed by atoms with Crippen LogP contribution in [0.15, 0.2) is 52.4 Å². The maximum Gasteiger partial charge on any atom is 0.262 e. The number of fused-ring (bicyclic) bond motifs is 3. The summed E-state index contributed by atoms with van der Waals surface area (Å²) < 4.78 is 3.08. The van der Waals surface area contributed by atoms with Crippen LogP contribution >= 0.6 is 23.4 Å². The molecule has 2 heterocycles. The van der Waals surface area contributed by atoms with E-state index in [1.54, 1.807) is 53.9 Å². The summed E-state index contributed by atoms with van der Waals surface area (Å²) in [5, 5.41) is 15.4. The molecule has 0 spiro atoms. The number of anilines is 1. The molecule has 4 aromatic rings. The first-order valence-electron chi connectivity index (χ1n) is 10.7. The second kappa shape index (κ2) is 9.86. The largest absolute Gasteiger partial charge is 0.350 e. The molecule has 1 unspecified atom stereocenters. The third-order valence-electron chi connectivity index (χ3n) is 5.38. The van der Waals surface area contributed by atoms with Crippen molar-refractivity contribution in [3.05, 3.63) is 63.4 Å². The van der Waals surface area contributed by atoms with Crippen LogP contribution in [0.1, 0.15) is 30.6 Å². The summed E-state index contributed by atoms with van der Waals surface area (Å²) in [6.07, 6.45) is 0.799. The van der Waals surface area contributed by atoms with E-state index < -0.39 is 0 Å². The van der Waals surface area contributed by atoms with E-state index in [1.165, 1.54) is 16.3 Å². The van der Waals surface area contributed by atoms with Gasteiger partial charge in [-0.25, -0.2) is 0 Å². The molecule has 2 amide bonds. The van der Waals surface area contributed by atoms with Crippen molar-refractivity contribution in [1.29, 1.82) is 0 Å². The monoisotopic (exact) mass is 498 g/mol. The summed E-state index contributed by atoms with van der Waals surface area (Å²) in [7, 11) is 1.61. The molecular formula is C23H23ClN6O3S. The topological polar surface area (TPSA) is 110 Å². The third-order valence-corrected chi connectivity index (χ3v) is 6.55. The molecule has 0 aliphatic heterocycles. The standard InChI is InChI=1S/C23H23ClN6O3S/c1-4-13(2)25-20(32)14-8-9-17-18(10-14)30-22(29(3)21(17)33)27-28-23(30)34-12-19(31)26-16-7-5-6-15(24)11-16/h5-11,13H,4,12H2,1-3H3,(H,25,32)(H,26,31). The Morgan fingerprint density at radius 1 is 1.18 bits per heavy atom. The molecule has 34 heavy (non-hydrogen) atoms. The van der Waals surface area contributed by atoms with E-state index >= 15 is 0 Å². The molecule has 4 rings (SSSR count). The molecule has 0 fully saturated rings. The average molecular weight is 499 g/mol. The van der Waals surface area contributed by atoms with E-state index in [1.807, 2.05) is 13.8 Å². The lowest BCUT2D eigenvalue weighted by Gasteiger charge is -2.13. The molecule has 0 radical (unpaired) electrons. The van der Waals surface area contributed by atoms with Crippen LogP contribution < -0.4 is 16.2 Å². The van der Waals surface area contributed by atoms with Crippen molar-refractivity contribution in [2.45, 2.75) is 31.5 Å². The number of aryl methyl sites for hydroxylation is 1. The Labute approximate surface area is 204 Å². The number of carbonyl (C=O) groups excluding carboxylic acids is 2. The first kappa shape index (κ1) is 23.8. The zero-order valence-electron chi connectivity index (χ0n) is 18.8. The maximum atomic E-state index is 12.9. The highest BCUT2D eigenvalue weighted by Crippen LogP contribution is 2.23. The van der Waals surface area contributed by atoms with E-state index in [-0.39, 0.29) is 29.2 Å². The molecule has 2 aromatic carbocycles. The normalized spacial score (nSPS) is 12.1. The number of aromatic nitrogens is 4. The van der Waals surface area contributed by atoms with Gasteiger partial charge >= 0.3 is 0 Å². The zero-order chi connectivity index (χ0) is 24.4. The molecule has 1 atom stereocenters. The lowest BCUT2D eigenvalue weighted by atomic mass is 10.1. The van der Waals surface area contributed by atoms with Gasteiger partial charge in [-0.1, -0.05) is 36.4 Å². The van der Waals surface area contributed by atoms with Gasteiger partial charge in [0.05, 0.1) is 16.7 Å². The molecule has 0 aliphatic rings. The number of benzene rings is 2.